The standard InChI is InChI=1S/C8H9NO5S/c1-7(10)9(14-15(11,12)13)8-5-3-2-4-6-8/h2-6H,1H3,(H,11,12,13)/p-1. The Morgan fingerprint density at radius 2 is 1.87 bits per heavy atom. The van der Waals surface area contributed by atoms with Gasteiger partial charge in [-0.25, -0.2) is 8.42 Å². The summed E-state index contributed by atoms with van der Waals surface area (Å²) in [6, 6.07) is 7.70. The maximum atomic E-state index is 11.0. The molecule has 1 rings (SSSR count). The van der Waals surface area contributed by atoms with Crippen LogP contribution in [0.2, 0.25) is 0 Å². The zero-order valence-corrected chi connectivity index (χ0v) is 8.60. The highest BCUT2D eigenvalue weighted by Gasteiger charge is 2.14. The van der Waals surface area contributed by atoms with E-state index in [1.807, 2.05) is 0 Å². The Hall–Kier alpha value is -1.44. The van der Waals surface area contributed by atoms with E-state index in [2.05, 4.69) is 4.28 Å². The van der Waals surface area contributed by atoms with Crippen molar-refractivity contribution in [2.75, 3.05) is 5.06 Å². The number of hydrogen-bond acceptors (Lipinski definition) is 5. The number of hydrogen-bond donors (Lipinski definition) is 0. The summed E-state index contributed by atoms with van der Waals surface area (Å²) in [7, 11) is -4.96. The maximum absolute atomic E-state index is 11.0. The summed E-state index contributed by atoms with van der Waals surface area (Å²) in [5, 5.41) is 0.419. The SMILES string of the molecule is CC(=O)N(OS(=O)(=O)[O-])c1ccccc1. The fourth-order valence-electron chi connectivity index (χ4n) is 0.932. The minimum absolute atomic E-state index is 0.171. The summed E-state index contributed by atoms with van der Waals surface area (Å²) in [6.07, 6.45) is 0. The first-order valence-corrected chi connectivity index (χ1v) is 5.24. The van der Waals surface area contributed by atoms with Crippen molar-refractivity contribution < 1.29 is 22.0 Å². The molecular weight excluding hydrogens is 222 g/mol. The number of benzene rings is 1. The molecule has 15 heavy (non-hydrogen) atoms. The Balaban J connectivity index is 3.00. The Morgan fingerprint density at radius 1 is 1.33 bits per heavy atom. The molecule has 0 N–H and O–H groups in total. The third-order valence-electron chi connectivity index (χ3n) is 1.44. The van der Waals surface area contributed by atoms with Gasteiger partial charge in [0.05, 0.1) is 5.69 Å². The molecular formula is C8H8NO5S-. The topological polar surface area (TPSA) is 86.7 Å². The summed E-state index contributed by atoms with van der Waals surface area (Å²) >= 11 is 0. The van der Waals surface area contributed by atoms with Gasteiger partial charge in [-0.05, 0) is 12.1 Å². The number of rotatable bonds is 3. The number of para-hydroxylation sites is 1. The molecule has 0 aliphatic heterocycles. The number of hydroxylamine groups is 1. The Labute approximate surface area is 87.0 Å². The average Bonchev–Trinajstić information content (AvgIpc) is 2.14. The molecule has 0 fully saturated rings. The van der Waals surface area contributed by atoms with E-state index in [0.717, 1.165) is 6.92 Å². The number of carbonyl (C=O) groups excluding carboxylic acids is 1. The highest BCUT2D eigenvalue weighted by molar-refractivity contribution is 7.80. The van der Waals surface area contributed by atoms with Crippen LogP contribution in [0.5, 0.6) is 0 Å². The van der Waals surface area contributed by atoms with Crippen LogP contribution in [0, 0.1) is 0 Å². The molecule has 7 heteroatoms. The minimum atomic E-state index is -4.96. The molecule has 0 saturated heterocycles. The minimum Gasteiger partial charge on any atom is -0.724 e. The van der Waals surface area contributed by atoms with Crippen LogP contribution in [-0.2, 0) is 19.5 Å². The molecule has 0 aliphatic carbocycles. The van der Waals surface area contributed by atoms with Crippen LogP contribution in [-0.4, -0.2) is 18.9 Å². The average molecular weight is 230 g/mol. The van der Waals surface area contributed by atoms with Crippen molar-refractivity contribution >= 4 is 22.0 Å². The second kappa shape index (κ2) is 4.39. The molecule has 0 spiro atoms. The van der Waals surface area contributed by atoms with Gasteiger partial charge in [0.15, 0.2) is 0 Å². The molecule has 0 radical (unpaired) electrons. The van der Waals surface area contributed by atoms with Crippen molar-refractivity contribution in [2.45, 2.75) is 6.92 Å². The van der Waals surface area contributed by atoms with Gasteiger partial charge >= 0.3 is 0 Å². The van der Waals surface area contributed by atoms with Crippen LogP contribution in [0.3, 0.4) is 0 Å². The first-order valence-electron chi connectivity index (χ1n) is 3.91. The molecule has 0 unspecified atom stereocenters. The highest BCUT2D eigenvalue weighted by Crippen LogP contribution is 2.14. The van der Waals surface area contributed by atoms with Gasteiger partial charge in [0, 0.05) is 6.92 Å². The molecule has 1 amide bonds. The van der Waals surface area contributed by atoms with Gasteiger partial charge < -0.3 is 4.55 Å². The largest absolute Gasteiger partial charge is 0.724 e. The normalized spacial score (nSPS) is 11.1. The fourth-order valence-corrected chi connectivity index (χ4v) is 1.31. The first kappa shape index (κ1) is 11.6. The third-order valence-corrected chi connectivity index (χ3v) is 1.77. The lowest BCUT2D eigenvalue weighted by Gasteiger charge is -2.20. The number of anilines is 1. The molecule has 1 aromatic rings. The van der Waals surface area contributed by atoms with E-state index >= 15 is 0 Å². The number of carbonyl (C=O) groups is 1. The van der Waals surface area contributed by atoms with Crippen molar-refractivity contribution in [3.05, 3.63) is 30.3 Å². The summed E-state index contributed by atoms with van der Waals surface area (Å²) in [5.74, 6) is -0.708. The van der Waals surface area contributed by atoms with Crippen LogP contribution in [0.4, 0.5) is 5.69 Å². The third kappa shape index (κ3) is 3.66. The fraction of sp³-hybridized carbons (Fsp3) is 0.125. The summed E-state index contributed by atoms with van der Waals surface area (Å²) < 4.78 is 35.0. The summed E-state index contributed by atoms with van der Waals surface area (Å²) in [4.78, 5) is 11.0. The van der Waals surface area contributed by atoms with E-state index in [0.29, 0.717) is 5.06 Å². The predicted octanol–water partition coefficient (Wildman–Crippen LogP) is 0.431. The van der Waals surface area contributed by atoms with E-state index in [1.54, 1.807) is 18.2 Å². The van der Waals surface area contributed by atoms with Crippen LogP contribution in [0.15, 0.2) is 30.3 Å². The lowest BCUT2D eigenvalue weighted by atomic mass is 10.3. The van der Waals surface area contributed by atoms with Gasteiger partial charge in [-0.3, -0.25) is 4.79 Å². The zero-order valence-electron chi connectivity index (χ0n) is 7.78. The molecule has 0 aliphatic rings. The van der Waals surface area contributed by atoms with E-state index < -0.39 is 16.3 Å². The first-order chi connectivity index (χ1) is 6.90. The molecule has 0 bridgehead atoms. The van der Waals surface area contributed by atoms with Gasteiger partial charge in [0.2, 0.25) is 16.3 Å². The summed E-state index contributed by atoms with van der Waals surface area (Å²) in [6.45, 7) is 1.08. The van der Waals surface area contributed by atoms with Crippen molar-refractivity contribution in [3.8, 4) is 0 Å². The molecule has 82 valence electrons. The number of nitrogens with zero attached hydrogens (tertiary/aromatic N) is 1. The summed E-state index contributed by atoms with van der Waals surface area (Å²) in [5.41, 5.74) is 0.171. The van der Waals surface area contributed by atoms with Gasteiger partial charge in [0.1, 0.15) is 0 Å². The Kier molecular flexibility index (Phi) is 3.40. The molecule has 0 atom stereocenters. The van der Waals surface area contributed by atoms with Crippen molar-refractivity contribution in [3.63, 3.8) is 0 Å². The number of amides is 1. The van der Waals surface area contributed by atoms with Gasteiger partial charge in [-0.1, -0.05) is 18.2 Å². The lowest BCUT2D eigenvalue weighted by Crippen LogP contribution is -2.31. The predicted molar refractivity (Wildman–Crippen MR) is 50.4 cm³/mol. The van der Waals surface area contributed by atoms with E-state index in [9.17, 15) is 17.8 Å². The molecule has 0 saturated carbocycles. The Bertz CT molecular complexity index is 441. The zero-order chi connectivity index (χ0) is 11.5. The molecule has 0 aromatic heterocycles. The molecule has 0 heterocycles. The molecule has 6 nitrogen and oxygen atoms in total. The van der Waals surface area contributed by atoms with Crippen molar-refractivity contribution in [1.29, 1.82) is 0 Å². The second-order valence-electron chi connectivity index (χ2n) is 2.63. The Morgan fingerprint density at radius 3 is 2.27 bits per heavy atom. The van der Waals surface area contributed by atoms with Crippen molar-refractivity contribution in [1.82, 2.24) is 0 Å². The van der Waals surface area contributed by atoms with E-state index in [1.165, 1.54) is 12.1 Å². The van der Waals surface area contributed by atoms with Crippen LogP contribution in [0.1, 0.15) is 6.92 Å². The van der Waals surface area contributed by atoms with E-state index in [4.69, 9.17) is 0 Å². The second-order valence-corrected chi connectivity index (χ2v) is 3.60. The monoisotopic (exact) mass is 230 g/mol. The van der Waals surface area contributed by atoms with Gasteiger partial charge in [-0.2, -0.15) is 9.35 Å². The van der Waals surface area contributed by atoms with Crippen LogP contribution < -0.4 is 5.06 Å². The van der Waals surface area contributed by atoms with E-state index in [-0.39, 0.29) is 5.69 Å². The van der Waals surface area contributed by atoms with Crippen LogP contribution >= 0.6 is 0 Å². The highest BCUT2D eigenvalue weighted by atomic mass is 32.3. The van der Waals surface area contributed by atoms with Crippen LogP contribution in [0.25, 0.3) is 0 Å². The van der Waals surface area contributed by atoms with Crippen molar-refractivity contribution in [2.24, 2.45) is 0 Å². The van der Waals surface area contributed by atoms with Gasteiger partial charge in [0.25, 0.3) is 0 Å². The lowest BCUT2D eigenvalue weighted by molar-refractivity contribution is -0.120. The molecule has 1 aromatic carbocycles. The van der Waals surface area contributed by atoms with Gasteiger partial charge in [-0.15, -0.1) is 0 Å². The quantitative estimate of drug-likeness (QED) is 0.427. The smallest absolute Gasteiger partial charge is 0.248 e. The maximum Gasteiger partial charge on any atom is 0.248 e.